The lowest BCUT2D eigenvalue weighted by Crippen LogP contribution is -1.91. The van der Waals surface area contributed by atoms with Gasteiger partial charge in [-0.1, -0.05) is 13.8 Å². The van der Waals surface area contributed by atoms with Gasteiger partial charge in [0.2, 0.25) is 0 Å². The maximum atomic E-state index is 5.41. The number of aryl methyl sites for hydroxylation is 1. The third kappa shape index (κ3) is 3.32. The molecule has 2 atom stereocenters. The summed E-state index contributed by atoms with van der Waals surface area (Å²) in [5, 5.41) is 0. The van der Waals surface area contributed by atoms with Crippen LogP contribution in [-0.2, 0) is 17.6 Å². The standard InChI is InChI=1S/C13H20OS/c1-9(2)8-12-5-4-11(15-12)6-7-13-10(3)14-13/h4-5,9-10,13H,6-8H2,1-3H3. The van der Waals surface area contributed by atoms with Crippen molar-refractivity contribution >= 4 is 11.3 Å². The van der Waals surface area contributed by atoms with E-state index in [2.05, 4.69) is 32.9 Å². The Morgan fingerprint density at radius 2 is 2.00 bits per heavy atom. The van der Waals surface area contributed by atoms with E-state index in [0.717, 1.165) is 5.92 Å². The van der Waals surface area contributed by atoms with Crippen molar-refractivity contribution < 1.29 is 4.74 Å². The summed E-state index contributed by atoms with van der Waals surface area (Å²) >= 11 is 1.98. The van der Waals surface area contributed by atoms with Crippen molar-refractivity contribution in [3.63, 3.8) is 0 Å². The first-order valence-electron chi connectivity index (χ1n) is 5.88. The number of hydrogen-bond donors (Lipinski definition) is 0. The Morgan fingerprint density at radius 1 is 1.33 bits per heavy atom. The molecule has 0 radical (unpaired) electrons. The summed E-state index contributed by atoms with van der Waals surface area (Å²) in [6.45, 7) is 6.71. The van der Waals surface area contributed by atoms with E-state index in [0.29, 0.717) is 12.2 Å². The summed E-state index contributed by atoms with van der Waals surface area (Å²) in [5.74, 6) is 0.767. The largest absolute Gasteiger partial charge is 0.370 e. The predicted octanol–water partition coefficient (Wildman–Crippen LogP) is 3.67. The lowest BCUT2D eigenvalue weighted by molar-refractivity contribution is 0.371. The highest BCUT2D eigenvalue weighted by Gasteiger charge is 2.33. The first kappa shape index (κ1) is 11.2. The van der Waals surface area contributed by atoms with E-state index in [-0.39, 0.29) is 0 Å². The van der Waals surface area contributed by atoms with Crippen LogP contribution in [0.3, 0.4) is 0 Å². The summed E-state index contributed by atoms with van der Waals surface area (Å²) in [4.78, 5) is 3.05. The van der Waals surface area contributed by atoms with E-state index in [1.165, 1.54) is 29.0 Å². The average Bonchev–Trinajstić information content (AvgIpc) is 2.68. The molecule has 0 spiro atoms. The number of hydrogen-bond acceptors (Lipinski definition) is 2. The molecule has 1 aromatic heterocycles. The normalized spacial score (nSPS) is 24.8. The van der Waals surface area contributed by atoms with Gasteiger partial charge in [0, 0.05) is 9.75 Å². The molecule has 1 fully saturated rings. The second-order valence-corrected chi connectivity index (χ2v) is 6.14. The number of ether oxygens (including phenoxy) is 1. The van der Waals surface area contributed by atoms with Crippen molar-refractivity contribution in [2.75, 3.05) is 0 Å². The molecule has 2 heteroatoms. The molecule has 1 aliphatic rings. The topological polar surface area (TPSA) is 12.5 Å². The van der Waals surface area contributed by atoms with Crippen molar-refractivity contribution in [2.45, 2.75) is 52.2 Å². The highest BCUT2D eigenvalue weighted by molar-refractivity contribution is 7.11. The quantitative estimate of drug-likeness (QED) is 0.695. The van der Waals surface area contributed by atoms with Crippen LogP contribution in [-0.4, -0.2) is 12.2 Å². The fourth-order valence-electron chi connectivity index (χ4n) is 1.89. The van der Waals surface area contributed by atoms with Crippen LogP contribution in [0.4, 0.5) is 0 Å². The summed E-state index contributed by atoms with van der Waals surface area (Å²) in [6, 6.07) is 4.58. The highest BCUT2D eigenvalue weighted by Crippen LogP contribution is 2.28. The van der Waals surface area contributed by atoms with Gasteiger partial charge in [0.05, 0.1) is 12.2 Å². The van der Waals surface area contributed by atoms with E-state index in [1.54, 1.807) is 0 Å². The first-order valence-corrected chi connectivity index (χ1v) is 6.70. The third-order valence-corrected chi connectivity index (χ3v) is 4.01. The number of rotatable bonds is 5. The van der Waals surface area contributed by atoms with Crippen LogP contribution in [0.1, 0.15) is 36.9 Å². The van der Waals surface area contributed by atoms with Gasteiger partial charge in [0.25, 0.3) is 0 Å². The van der Waals surface area contributed by atoms with Gasteiger partial charge >= 0.3 is 0 Å². The van der Waals surface area contributed by atoms with Crippen molar-refractivity contribution in [1.29, 1.82) is 0 Å². The van der Waals surface area contributed by atoms with Crippen LogP contribution in [0.15, 0.2) is 12.1 Å². The summed E-state index contributed by atoms with van der Waals surface area (Å²) in [7, 11) is 0. The molecule has 1 aliphatic heterocycles. The van der Waals surface area contributed by atoms with Crippen LogP contribution in [0, 0.1) is 5.92 Å². The average molecular weight is 224 g/mol. The Morgan fingerprint density at radius 3 is 2.60 bits per heavy atom. The van der Waals surface area contributed by atoms with Gasteiger partial charge in [-0.15, -0.1) is 11.3 Å². The zero-order valence-electron chi connectivity index (χ0n) is 9.82. The number of epoxide rings is 1. The summed E-state index contributed by atoms with van der Waals surface area (Å²) in [6.07, 6.45) is 4.67. The van der Waals surface area contributed by atoms with Gasteiger partial charge in [0.1, 0.15) is 0 Å². The molecule has 0 N–H and O–H groups in total. The Bertz CT molecular complexity index is 316. The first-order chi connectivity index (χ1) is 7.15. The lowest BCUT2D eigenvalue weighted by atomic mass is 10.1. The SMILES string of the molecule is CC(C)Cc1ccc(CCC2OC2C)s1. The van der Waals surface area contributed by atoms with Gasteiger partial charge in [-0.2, -0.15) is 0 Å². The molecule has 1 saturated heterocycles. The fourth-order valence-corrected chi connectivity index (χ4v) is 3.13. The molecule has 1 aromatic rings. The Kier molecular flexibility index (Phi) is 3.47. The molecule has 0 saturated carbocycles. The van der Waals surface area contributed by atoms with Crippen molar-refractivity contribution in [3.05, 3.63) is 21.9 Å². The third-order valence-electron chi connectivity index (χ3n) is 2.84. The van der Waals surface area contributed by atoms with E-state index < -0.39 is 0 Å². The minimum Gasteiger partial charge on any atom is -0.370 e. The van der Waals surface area contributed by atoms with Gasteiger partial charge in [-0.3, -0.25) is 0 Å². The maximum absolute atomic E-state index is 5.41. The van der Waals surface area contributed by atoms with Crippen molar-refractivity contribution in [1.82, 2.24) is 0 Å². The van der Waals surface area contributed by atoms with Crippen molar-refractivity contribution in [2.24, 2.45) is 5.92 Å². The Labute approximate surface area is 96.5 Å². The molecular weight excluding hydrogens is 204 g/mol. The lowest BCUT2D eigenvalue weighted by Gasteiger charge is -1.99. The second kappa shape index (κ2) is 4.67. The molecule has 84 valence electrons. The molecule has 0 amide bonds. The molecule has 2 unspecified atom stereocenters. The van der Waals surface area contributed by atoms with E-state index in [9.17, 15) is 0 Å². The molecule has 15 heavy (non-hydrogen) atoms. The van der Waals surface area contributed by atoms with Crippen LogP contribution >= 0.6 is 11.3 Å². The smallest absolute Gasteiger partial charge is 0.0842 e. The van der Waals surface area contributed by atoms with Crippen LogP contribution < -0.4 is 0 Å². The van der Waals surface area contributed by atoms with E-state index in [4.69, 9.17) is 4.74 Å². The Hall–Kier alpha value is -0.340. The maximum Gasteiger partial charge on any atom is 0.0842 e. The minimum absolute atomic E-state index is 0.514. The van der Waals surface area contributed by atoms with E-state index in [1.807, 2.05) is 11.3 Å². The molecule has 0 aromatic carbocycles. The summed E-state index contributed by atoms with van der Waals surface area (Å²) < 4.78 is 5.41. The highest BCUT2D eigenvalue weighted by atomic mass is 32.1. The fraction of sp³-hybridized carbons (Fsp3) is 0.692. The molecule has 0 aliphatic carbocycles. The minimum atomic E-state index is 0.514. The number of thiophene rings is 1. The molecule has 2 heterocycles. The predicted molar refractivity (Wildman–Crippen MR) is 65.5 cm³/mol. The molecule has 0 bridgehead atoms. The Balaban J connectivity index is 1.79. The monoisotopic (exact) mass is 224 g/mol. The van der Waals surface area contributed by atoms with Crippen LogP contribution in [0.2, 0.25) is 0 Å². The second-order valence-electron chi connectivity index (χ2n) is 4.88. The zero-order valence-corrected chi connectivity index (χ0v) is 10.6. The van der Waals surface area contributed by atoms with Gasteiger partial charge in [-0.05, 0) is 44.2 Å². The van der Waals surface area contributed by atoms with Gasteiger partial charge < -0.3 is 4.74 Å². The van der Waals surface area contributed by atoms with Gasteiger partial charge in [0.15, 0.2) is 0 Å². The molecule has 2 rings (SSSR count). The van der Waals surface area contributed by atoms with Gasteiger partial charge in [-0.25, -0.2) is 0 Å². The van der Waals surface area contributed by atoms with Crippen LogP contribution in [0.5, 0.6) is 0 Å². The zero-order chi connectivity index (χ0) is 10.8. The summed E-state index contributed by atoms with van der Waals surface area (Å²) in [5.41, 5.74) is 0. The molecular formula is C13H20OS. The van der Waals surface area contributed by atoms with Crippen molar-refractivity contribution in [3.8, 4) is 0 Å². The van der Waals surface area contributed by atoms with E-state index >= 15 is 0 Å². The van der Waals surface area contributed by atoms with Crippen LogP contribution in [0.25, 0.3) is 0 Å². The molecule has 1 nitrogen and oxygen atoms in total.